The maximum absolute atomic E-state index is 2.40. The summed E-state index contributed by atoms with van der Waals surface area (Å²) in [5, 5.41) is 32.8. The molecule has 0 saturated heterocycles. The van der Waals surface area contributed by atoms with Crippen LogP contribution in [0.5, 0.6) is 0 Å². The average molecular weight is 601 g/mol. The first-order valence-electron chi connectivity index (χ1n) is 16.9. The third-order valence-electron chi connectivity index (χ3n) is 11.7. The Morgan fingerprint density at radius 2 is 0.417 bits per heavy atom. The fourth-order valence-electron chi connectivity index (χ4n) is 10.1. The van der Waals surface area contributed by atoms with Crippen molar-refractivity contribution in [2.75, 3.05) is 0 Å². The van der Waals surface area contributed by atoms with Crippen molar-refractivity contribution in [3.8, 4) is 0 Å². The van der Waals surface area contributed by atoms with Gasteiger partial charge in [-0.2, -0.15) is 0 Å². The minimum atomic E-state index is 1.30. The summed E-state index contributed by atoms with van der Waals surface area (Å²) in [6, 6.07) is 55.2. The molecule has 13 rings (SSSR count). The summed E-state index contributed by atoms with van der Waals surface area (Å²) >= 11 is 0. The highest BCUT2D eigenvalue weighted by atomic mass is 14.3. The van der Waals surface area contributed by atoms with Gasteiger partial charge in [-0.05, 0) is 147 Å². The molecule has 216 valence electrons. The second-order valence-electron chi connectivity index (χ2n) is 13.9. The highest BCUT2D eigenvalue weighted by molar-refractivity contribution is 6.59. The molecule has 0 fully saturated rings. The van der Waals surface area contributed by atoms with Crippen LogP contribution >= 0.6 is 0 Å². The number of rotatable bonds is 0. The van der Waals surface area contributed by atoms with Crippen LogP contribution in [0.3, 0.4) is 0 Å². The lowest BCUT2D eigenvalue weighted by molar-refractivity contribution is 1.82. The zero-order chi connectivity index (χ0) is 30.8. The lowest BCUT2D eigenvalue weighted by Crippen LogP contribution is -1.79. The van der Waals surface area contributed by atoms with Crippen molar-refractivity contribution < 1.29 is 0 Å². The van der Waals surface area contributed by atoms with Crippen LogP contribution in [0, 0.1) is 0 Å². The van der Waals surface area contributed by atoms with Crippen molar-refractivity contribution in [3.05, 3.63) is 146 Å². The minimum absolute atomic E-state index is 1.30. The monoisotopic (exact) mass is 600 g/mol. The van der Waals surface area contributed by atoms with E-state index in [4.69, 9.17) is 0 Å². The maximum Gasteiger partial charge on any atom is -0.0000699 e. The third-order valence-corrected chi connectivity index (χ3v) is 11.7. The first-order valence-corrected chi connectivity index (χ1v) is 16.9. The Kier molecular flexibility index (Phi) is 4.00. The molecule has 0 radical (unpaired) electrons. The van der Waals surface area contributed by atoms with Gasteiger partial charge in [-0.1, -0.05) is 127 Å². The van der Waals surface area contributed by atoms with Gasteiger partial charge in [-0.15, -0.1) is 0 Å². The molecule has 0 N–H and O–H groups in total. The zero-order valence-corrected chi connectivity index (χ0v) is 25.9. The van der Waals surface area contributed by atoms with E-state index in [0.717, 1.165) is 0 Å². The molecule has 48 heavy (non-hydrogen) atoms. The van der Waals surface area contributed by atoms with Crippen LogP contribution in [0.15, 0.2) is 146 Å². The predicted molar refractivity (Wildman–Crippen MR) is 210 cm³/mol. The van der Waals surface area contributed by atoms with Gasteiger partial charge in [0.05, 0.1) is 0 Å². The second-order valence-corrected chi connectivity index (χ2v) is 13.9. The van der Waals surface area contributed by atoms with Crippen LogP contribution in [0.25, 0.3) is 129 Å². The normalized spacial score (nSPS) is 13.0. The molecular weight excluding hydrogens is 577 g/mol. The van der Waals surface area contributed by atoms with Crippen LogP contribution in [0.1, 0.15) is 0 Å². The Morgan fingerprint density at radius 1 is 0.167 bits per heavy atom. The third kappa shape index (κ3) is 2.56. The molecule has 0 spiro atoms. The molecule has 0 amide bonds. The van der Waals surface area contributed by atoms with Crippen molar-refractivity contribution in [1.29, 1.82) is 0 Å². The van der Waals surface area contributed by atoms with E-state index in [9.17, 15) is 0 Å². The Bertz CT molecular complexity index is 3140. The van der Waals surface area contributed by atoms with Crippen LogP contribution < -0.4 is 0 Å². The SMILES string of the molecule is c1ccc2c(c1)cc1cccc3c1c2c1c3c2c3c4ccccc4cc4cccc(c43)c2c2c3c4ccccc4cc4cccc(c43)c12. The second kappa shape index (κ2) is 8.00. The summed E-state index contributed by atoms with van der Waals surface area (Å²) in [5.74, 6) is 0. The van der Waals surface area contributed by atoms with Crippen molar-refractivity contribution in [2.45, 2.75) is 0 Å². The molecule has 0 heterocycles. The van der Waals surface area contributed by atoms with Gasteiger partial charge in [0, 0.05) is 0 Å². The van der Waals surface area contributed by atoms with Crippen molar-refractivity contribution in [1.82, 2.24) is 0 Å². The average Bonchev–Trinajstić information content (AvgIpc) is 3.78. The van der Waals surface area contributed by atoms with Crippen LogP contribution in [-0.2, 0) is 0 Å². The molecule has 0 nitrogen and oxygen atoms in total. The first-order chi connectivity index (χ1) is 23.8. The smallest absolute Gasteiger partial charge is 0.0000699 e. The van der Waals surface area contributed by atoms with Gasteiger partial charge in [0.2, 0.25) is 0 Å². The van der Waals surface area contributed by atoms with E-state index in [0.29, 0.717) is 0 Å². The van der Waals surface area contributed by atoms with E-state index in [1.54, 1.807) is 0 Å². The molecule has 0 saturated carbocycles. The molecule has 13 aromatic rings. The Labute approximate surface area is 274 Å². The number of hydrogen-bond donors (Lipinski definition) is 0. The summed E-state index contributed by atoms with van der Waals surface area (Å²) in [4.78, 5) is 0. The van der Waals surface area contributed by atoms with Gasteiger partial charge in [0.25, 0.3) is 0 Å². The fraction of sp³-hybridized carbons (Fsp3) is 0. The predicted octanol–water partition coefficient (Wildman–Crippen LogP) is 13.8. The Balaban J connectivity index is 1.54. The molecule has 0 aromatic heterocycles. The summed E-state index contributed by atoms with van der Waals surface area (Å²) < 4.78 is 0. The number of benzene rings is 10. The molecule has 0 aliphatic rings. The van der Waals surface area contributed by atoms with E-state index >= 15 is 0 Å². The molecule has 0 bridgehead atoms. The van der Waals surface area contributed by atoms with Crippen LogP contribution in [-0.4, -0.2) is 0 Å². The largest absolute Gasteiger partial charge is 0.0616 e. The van der Waals surface area contributed by atoms with E-state index in [2.05, 4.69) is 146 Å². The molecule has 0 aliphatic carbocycles. The van der Waals surface area contributed by atoms with Crippen molar-refractivity contribution in [3.63, 3.8) is 0 Å². The van der Waals surface area contributed by atoms with Crippen molar-refractivity contribution >= 4 is 129 Å². The first kappa shape index (κ1) is 24.0. The van der Waals surface area contributed by atoms with E-state index in [1.807, 2.05) is 0 Å². The fourth-order valence-corrected chi connectivity index (χ4v) is 10.1. The van der Waals surface area contributed by atoms with Gasteiger partial charge in [0.1, 0.15) is 0 Å². The lowest BCUT2D eigenvalue weighted by atomic mass is 9.94. The number of fused-ring (bicyclic) bond motifs is 18. The van der Waals surface area contributed by atoms with Gasteiger partial charge in [0.15, 0.2) is 0 Å². The van der Waals surface area contributed by atoms with Gasteiger partial charge >= 0.3 is 0 Å². The van der Waals surface area contributed by atoms with Gasteiger partial charge < -0.3 is 0 Å². The molecule has 0 unspecified atom stereocenters. The standard InChI is InChI=1S/C48H24/c1-4-16-31-25(10-1)22-28-13-7-19-34-37(28)40(31)46-43(34)47-42-33-18-6-3-12-27(33)24-30-15-9-21-36(39(30)42)45(47)48-41-32-17-5-2-11-26(32)23-29-14-8-20-35(38(29)41)44(46)48/h1-24H. The number of hydrogen-bond acceptors (Lipinski definition) is 0. The van der Waals surface area contributed by atoms with Crippen molar-refractivity contribution in [2.24, 2.45) is 0 Å². The molecule has 13 aromatic carbocycles. The highest BCUT2D eigenvalue weighted by Gasteiger charge is 2.28. The van der Waals surface area contributed by atoms with E-state index < -0.39 is 0 Å². The summed E-state index contributed by atoms with van der Waals surface area (Å²) in [7, 11) is 0. The zero-order valence-electron chi connectivity index (χ0n) is 25.9. The Morgan fingerprint density at radius 3 is 0.750 bits per heavy atom. The lowest BCUT2D eigenvalue weighted by Gasteiger charge is -2.08. The van der Waals surface area contributed by atoms with Crippen LogP contribution in [0.4, 0.5) is 0 Å². The molecule has 0 atom stereocenters. The quantitative estimate of drug-likeness (QED) is 0.152. The molecule has 0 aliphatic heterocycles. The van der Waals surface area contributed by atoms with Gasteiger partial charge in [-0.25, -0.2) is 0 Å². The molecule has 0 heteroatoms. The highest BCUT2D eigenvalue weighted by Crippen LogP contribution is 2.58. The summed E-state index contributed by atoms with van der Waals surface area (Å²) in [5.41, 5.74) is 0. The molecular formula is C48H24. The Hall–Kier alpha value is -6.24. The minimum Gasteiger partial charge on any atom is -0.0616 e. The maximum atomic E-state index is 2.40. The van der Waals surface area contributed by atoms with Gasteiger partial charge in [-0.3, -0.25) is 0 Å². The summed E-state index contributed by atoms with van der Waals surface area (Å²) in [6.07, 6.45) is 0. The topological polar surface area (TPSA) is 0 Å². The van der Waals surface area contributed by atoms with Crippen LogP contribution in [0.2, 0.25) is 0 Å². The van der Waals surface area contributed by atoms with E-state index in [1.165, 1.54) is 129 Å². The summed E-state index contributed by atoms with van der Waals surface area (Å²) in [6.45, 7) is 0. The van der Waals surface area contributed by atoms with E-state index in [-0.39, 0.29) is 0 Å².